The highest BCUT2D eigenvalue weighted by molar-refractivity contribution is 5.26. The molecule has 1 aliphatic rings. The Hall–Kier alpha value is -0.970. The standard InChI is InChI=1S/C9H13F3N2/c1-7(13)8-3-2-4-14(5-8)6-9(10,11)12/h2-3,5,7H,4,6,13H2,1H3. The van der Waals surface area contributed by atoms with Crippen LogP contribution >= 0.6 is 0 Å². The minimum Gasteiger partial charge on any atom is -0.365 e. The third-order valence-electron chi connectivity index (χ3n) is 1.89. The molecule has 2 nitrogen and oxygen atoms in total. The van der Waals surface area contributed by atoms with E-state index in [0.717, 1.165) is 5.57 Å². The first-order chi connectivity index (χ1) is 6.38. The summed E-state index contributed by atoms with van der Waals surface area (Å²) in [5, 5.41) is 0. The Morgan fingerprint density at radius 3 is 2.71 bits per heavy atom. The van der Waals surface area contributed by atoms with E-state index in [2.05, 4.69) is 0 Å². The lowest BCUT2D eigenvalue weighted by atomic mass is 10.1. The molecule has 0 fully saturated rings. The van der Waals surface area contributed by atoms with Crippen molar-refractivity contribution in [3.8, 4) is 0 Å². The van der Waals surface area contributed by atoms with E-state index < -0.39 is 12.7 Å². The largest absolute Gasteiger partial charge is 0.405 e. The van der Waals surface area contributed by atoms with Crippen LogP contribution < -0.4 is 5.73 Å². The highest BCUT2D eigenvalue weighted by Crippen LogP contribution is 2.19. The van der Waals surface area contributed by atoms with Crippen LogP contribution in [0, 0.1) is 0 Å². The molecule has 5 heteroatoms. The second-order valence-corrected chi connectivity index (χ2v) is 3.36. The Bertz CT molecular complexity index is 253. The number of nitrogens with two attached hydrogens (primary N) is 1. The third-order valence-corrected chi connectivity index (χ3v) is 1.89. The summed E-state index contributed by atoms with van der Waals surface area (Å²) < 4.78 is 36.1. The van der Waals surface area contributed by atoms with Gasteiger partial charge in [0.05, 0.1) is 0 Å². The molecule has 1 heterocycles. The van der Waals surface area contributed by atoms with E-state index in [1.165, 1.54) is 11.1 Å². The molecule has 1 aliphatic heterocycles. The molecule has 0 spiro atoms. The van der Waals surface area contributed by atoms with E-state index in [4.69, 9.17) is 5.73 Å². The first-order valence-corrected chi connectivity index (χ1v) is 4.33. The summed E-state index contributed by atoms with van der Waals surface area (Å²) >= 11 is 0. The Morgan fingerprint density at radius 2 is 2.21 bits per heavy atom. The Morgan fingerprint density at radius 1 is 1.57 bits per heavy atom. The predicted octanol–water partition coefficient (Wildman–Crippen LogP) is 1.65. The van der Waals surface area contributed by atoms with E-state index >= 15 is 0 Å². The molecule has 80 valence electrons. The van der Waals surface area contributed by atoms with E-state index in [1.54, 1.807) is 19.1 Å². The van der Waals surface area contributed by atoms with E-state index in [0.29, 0.717) is 0 Å². The van der Waals surface area contributed by atoms with E-state index in [9.17, 15) is 13.2 Å². The molecule has 0 aromatic rings. The highest BCUT2D eigenvalue weighted by Gasteiger charge is 2.30. The maximum atomic E-state index is 12.0. The van der Waals surface area contributed by atoms with Gasteiger partial charge in [0.2, 0.25) is 0 Å². The quantitative estimate of drug-likeness (QED) is 0.744. The molecule has 0 radical (unpaired) electrons. The molecule has 14 heavy (non-hydrogen) atoms. The zero-order valence-electron chi connectivity index (χ0n) is 7.88. The van der Waals surface area contributed by atoms with Gasteiger partial charge in [-0.1, -0.05) is 12.2 Å². The summed E-state index contributed by atoms with van der Waals surface area (Å²) in [6.07, 6.45) is 0.755. The highest BCUT2D eigenvalue weighted by atomic mass is 19.4. The molecule has 1 unspecified atom stereocenters. The molecule has 0 bridgehead atoms. The van der Waals surface area contributed by atoms with Crippen LogP contribution in [0.15, 0.2) is 23.9 Å². The second-order valence-electron chi connectivity index (χ2n) is 3.36. The van der Waals surface area contributed by atoms with Gasteiger partial charge in [-0.15, -0.1) is 0 Å². The average Bonchev–Trinajstić information content (AvgIpc) is 2.01. The molecule has 0 aliphatic carbocycles. The molecule has 1 rings (SSSR count). The fraction of sp³-hybridized carbons (Fsp3) is 0.556. The fourth-order valence-electron chi connectivity index (χ4n) is 1.24. The maximum Gasteiger partial charge on any atom is 0.405 e. The van der Waals surface area contributed by atoms with Crippen molar-refractivity contribution in [2.24, 2.45) is 5.73 Å². The van der Waals surface area contributed by atoms with Crippen molar-refractivity contribution in [1.29, 1.82) is 0 Å². The minimum atomic E-state index is -4.16. The van der Waals surface area contributed by atoms with E-state index in [1.807, 2.05) is 0 Å². The van der Waals surface area contributed by atoms with Crippen LogP contribution in [-0.4, -0.2) is 30.2 Å². The summed E-state index contributed by atoms with van der Waals surface area (Å²) in [5.41, 5.74) is 6.29. The van der Waals surface area contributed by atoms with Crippen molar-refractivity contribution in [2.75, 3.05) is 13.1 Å². The lowest BCUT2D eigenvalue weighted by molar-refractivity contribution is -0.139. The Kier molecular flexibility index (Phi) is 3.21. The second kappa shape index (κ2) is 4.04. The zero-order valence-corrected chi connectivity index (χ0v) is 7.88. The van der Waals surface area contributed by atoms with Gasteiger partial charge in [0, 0.05) is 18.8 Å². The van der Waals surface area contributed by atoms with Crippen LogP contribution in [0.2, 0.25) is 0 Å². The van der Waals surface area contributed by atoms with Crippen LogP contribution in [0.4, 0.5) is 13.2 Å². The van der Waals surface area contributed by atoms with Crippen molar-refractivity contribution in [2.45, 2.75) is 19.1 Å². The summed E-state index contributed by atoms with van der Waals surface area (Å²) in [5.74, 6) is 0. The number of hydrogen-bond acceptors (Lipinski definition) is 2. The van der Waals surface area contributed by atoms with Gasteiger partial charge in [-0.25, -0.2) is 0 Å². The number of halogens is 3. The van der Waals surface area contributed by atoms with Gasteiger partial charge in [0.15, 0.2) is 0 Å². The lowest BCUT2D eigenvalue weighted by Crippen LogP contribution is -2.33. The fourth-order valence-corrected chi connectivity index (χ4v) is 1.24. The summed E-state index contributed by atoms with van der Waals surface area (Å²) in [7, 11) is 0. The van der Waals surface area contributed by atoms with Crippen LogP contribution in [0.5, 0.6) is 0 Å². The zero-order chi connectivity index (χ0) is 10.8. The van der Waals surface area contributed by atoms with Gasteiger partial charge in [0.25, 0.3) is 0 Å². The normalized spacial score (nSPS) is 19.5. The molecule has 0 aromatic carbocycles. The van der Waals surface area contributed by atoms with E-state index in [-0.39, 0.29) is 12.6 Å². The molecule has 1 atom stereocenters. The molecule has 0 saturated heterocycles. The van der Waals surface area contributed by atoms with Gasteiger partial charge in [-0.3, -0.25) is 0 Å². The molecule has 0 aromatic heterocycles. The van der Waals surface area contributed by atoms with Gasteiger partial charge in [-0.05, 0) is 12.5 Å². The van der Waals surface area contributed by atoms with Crippen LogP contribution in [-0.2, 0) is 0 Å². The average molecular weight is 206 g/mol. The van der Waals surface area contributed by atoms with Crippen LogP contribution in [0.1, 0.15) is 6.92 Å². The number of nitrogens with zero attached hydrogens (tertiary/aromatic N) is 1. The number of hydrogen-bond donors (Lipinski definition) is 1. The SMILES string of the molecule is CC(N)C1=CN(CC(F)(F)F)CC=C1. The summed E-state index contributed by atoms with van der Waals surface area (Å²) in [6.45, 7) is 1.11. The predicted molar refractivity (Wildman–Crippen MR) is 48.5 cm³/mol. The van der Waals surface area contributed by atoms with Crippen molar-refractivity contribution < 1.29 is 13.2 Å². The van der Waals surface area contributed by atoms with Gasteiger partial charge in [-0.2, -0.15) is 13.2 Å². The maximum absolute atomic E-state index is 12.0. The topological polar surface area (TPSA) is 29.3 Å². The first-order valence-electron chi connectivity index (χ1n) is 4.33. The van der Waals surface area contributed by atoms with Crippen molar-refractivity contribution in [3.05, 3.63) is 23.9 Å². The molecular weight excluding hydrogens is 193 g/mol. The van der Waals surface area contributed by atoms with Crippen LogP contribution in [0.3, 0.4) is 0 Å². The van der Waals surface area contributed by atoms with Gasteiger partial charge < -0.3 is 10.6 Å². The lowest BCUT2D eigenvalue weighted by Gasteiger charge is -2.25. The minimum absolute atomic E-state index is 0.234. The number of rotatable bonds is 2. The van der Waals surface area contributed by atoms with Crippen LogP contribution in [0.25, 0.3) is 0 Å². The summed E-state index contributed by atoms with van der Waals surface area (Å²) in [4.78, 5) is 1.21. The van der Waals surface area contributed by atoms with Crippen molar-refractivity contribution >= 4 is 0 Å². The Labute approximate surface area is 80.9 Å². The van der Waals surface area contributed by atoms with Crippen molar-refractivity contribution in [1.82, 2.24) is 4.90 Å². The molecule has 0 saturated carbocycles. The molecule has 2 N–H and O–H groups in total. The first kappa shape index (κ1) is 11.1. The van der Waals surface area contributed by atoms with Gasteiger partial charge in [0.1, 0.15) is 6.54 Å². The Balaban J connectivity index is 2.62. The monoisotopic (exact) mass is 206 g/mol. The number of alkyl halides is 3. The molecule has 0 amide bonds. The van der Waals surface area contributed by atoms with Crippen molar-refractivity contribution in [3.63, 3.8) is 0 Å². The molecular formula is C9H13F3N2. The van der Waals surface area contributed by atoms with Gasteiger partial charge >= 0.3 is 6.18 Å². The smallest absolute Gasteiger partial charge is 0.365 e. The third kappa shape index (κ3) is 3.41. The summed E-state index contributed by atoms with van der Waals surface area (Å²) in [6, 6.07) is -0.234.